The van der Waals surface area contributed by atoms with E-state index in [1.807, 2.05) is 34.9 Å². The van der Waals surface area contributed by atoms with Crippen LogP contribution in [0.3, 0.4) is 0 Å². The summed E-state index contributed by atoms with van der Waals surface area (Å²) in [4.78, 5) is 8.84. The highest BCUT2D eigenvalue weighted by molar-refractivity contribution is 7.85. The molecule has 0 unspecified atom stereocenters. The Morgan fingerprint density at radius 3 is 3.05 bits per heavy atom. The van der Waals surface area contributed by atoms with Gasteiger partial charge < -0.3 is 9.30 Å². The first-order valence-electron chi connectivity index (χ1n) is 6.63. The van der Waals surface area contributed by atoms with E-state index in [1.165, 1.54) is 0 Å². The molecule has 1 aliphatic heterocycles. The number of pyridine rings is 1. The van der Waals surface area contributed by atoms with E-state index in [4.69, 9.17) is 4.74 Å². The minimum absolute atomic E-state index is 0.174. The zero-order valence-electron chi connectivity index (χ0n) is 11.4. The number of aromatic nitrogens is 3. The summed E-state index contributed by atoms with van der Waals surface area (Å²) in [6, 6.07) is 11.5. The average Bonchev–Trinajstić information content (AvgIpc) is 3.05. The quantitative estimate of drug-likeness (QED) is 0.728. The number of para-hydroxylation sites is 2. The molecule has 2 atom stereocenters. The van der Waals surface area contributed by atoms with E-state index in [0.717, 1.165) is 22.5 Å². The Labute approximate surface area is 124 Å². The lowest BCUT2D eigenvalue weighted by Gasteiger charge is -2.09. The van der Waals surface area contributed by atoms with Crippen LogP contribution in [0.25, 0.3) is 11.0 Å². The van der Waals surface area contributed by atoms with Crippen molar-refractivity contribution in [3.05, 3.63) is 48.3 Å². The Kier molecular flexibility index (Phi) is 2.78. The molecule has 21 heavy (non-hydrogen) atoms. The Balaban J connectivity index is 1.79. The summed E-state index contributed by atoms with van der Waals surface area (Å²) >= 11 is 0. The Morgan fingerprint density at radius 1 is 1.33 bits per heavy atom. The second-order valence-electron chi connectivity index (χ2n) is 4.90. The van der Waals surface area contributed by atoms with Gasteiger partial charge in [-0.1, -0.05) is 12.1 Å². The van der Waals surface area contributed by atoms with Crippen LogP contribution in [0.2, 0.25) is 0 Å². The van der Waals surface area contributed by atoms with Crippen LogP contribution < -0.4 is 4.74 Å². The van der Waals surface area contributed by atoms with Crippen molar-refractivity contribution >= 4 is 21.8 Å². The normalized spacial score (nSPS) is 20.6. The first kappa shape index (κ1) is 12.5. The van der Waals surface area contributed by atoms with Crippen molar-refractivity contribution in [3.63, 3.8) is 0 Å². The van der Waals surface area contributed by atoms with Crippen LogP contribution >= 0.6 is 0 Å². The average molecular weight is 299 g/mol. The zero-order chi connectivity index (χ0) is 14.4. The molecule has 4 rings (SSSR count). The first-order chi connectivity index (χ1) is 10.3. The first-order valence-corrected chi connectivity index (χ1v) is 7.85. The molecule has 0 bridgehead atoms. The summed E-state index contributed by atoms with van der Waals surface area (Å²) in [5, 5.41) is 0.457. The molecule has 0 N–H and O–H groups in total. The number of nitrogens with zero attached hydrogens (tertiary/aromatic N) is 3. The maximum absolute atomic E-state index is 12.7. The van der Waals surface area contributed by atoms with Gasteiger partial charge in [0.1, 0.15) is 21.8 Å². The molecule has 6 heteroatoms. The number of imidazole rings is 1. The summed E-state index contributed by atoms with van der Waals surface area (Å²) < 4.78 is 20.0. The highest BCUT2D eigenvalue weighted by atomic mass is 32.2. The van der Waals surface area contributed by atoms with Gasteiger partial charge >= 0.3 is 0 Å². The fraction of sp³-hybridized carbons (Fsp3) is 0.200. The molecule has 0 amide bonds. The number of benzene rings is 1. The number of fused-ring (bicyclic) bond motifs is 3. The number of methoxy groups -OCH3 is 1. The van der Waals surface area contributed by atoms with Gasteiger partial charge in [-0.25, -0.2) is 4.98 Å². The van der Waals surface area contributed by atoms with Gasteiger partial charge in [0.2, 0.25) is 5.16 Å². The van der Waals surface area contributed by atoms with Crippen molar-refractivity contribution in [2.45, 2.75) is 17.0 Å². The van der Waals surface area contributed by atoms with Crippen LogP contribution in [0.15, 0.2) is 47.8 Å². The molecule has 0 fully saturated rings. The maximum atomic E-state index is 12.7. The minimum Gasteiger partial charge on any atom is -0.497 e. The summed E-state index contributed by atoms with van der Waals surface area (Å²) in [6.07, 6.45) is 1.69. The monoisotopic (exact) mass is 299 g/mol. The molecule has 2 aromatic heterocycles. The number of hydrogen-bond acceptors (Lipinski definition) is 4. The van der Waals surface area contributed by atoms with Crippen LogP contribution in [-0.4, -0.2) is 25.9 Å². The maximum Gasteiger partial charge on any atom is 0.200 e. The second-order valence-corrected chi connectivity index (χ2v) is 6.43. The van der Waals surface area contributed by atoms with Gasteiger partial charge in [0, 0.05) is 18.8 Å². The zero-order valence-corrected chi connectivity index (χ0v) is 12.2. The molecule has 0 saturated heterocycles. The fourth-order valence-corrected chi connectivity index (χ4v) is 4.14. The van der Waals surface area contributed by atoms with E-state index in [9.17, 15) is 4.21 Å². The van der Waals surface area contributed by atoms with E-state index < -0.39 is 10.8 Å². The van der Waals surface area contributed by atoms with Gasteiger partial charge in [0.15, 0.2) is 0 Å². The van der Waals surface area contributed by atoms with Crippen molar-refractivity contribution in [3.8, 4) is 5.75 Å². The number of hydrogen-bond donors (Lipinski definition) is 0. The van der Waals surface area contributed by atoms with Crippen molar-refractivity contribution in [2.75, 3.05) is 7.11 Å². The third-order valence-electron chi connectivity index (χ3n) is 3.72. The van der Waals surface area contributed by atoms with Crippen LogP contribution in [-0.2, 0) is 17.3 Å². The highest BCUT2D eigenvalue weighted by Crippen LogP contribution is 2.35. The summed E-state index contributed by atoms with van der Waals surface area (Å²) in [5.74, 6) is 0.728. The van der Waals surface area contributed by atoms with Crippen molar-refractivity contribution in [1.82, 2.24) is 14.5 Å². The molecule has 5 nitrogen and oxygen atoms in total. The number of ether oxygens (including phenoxy) is 1. The van der Waals surface area contributed by atoms with Crippen LogP contribution in [0.1, 0.15) is 10.9 Å². The SMILES string of the molecule is COc1ccnc([C@H]2Cn3c(nc4ccccc43)[S@@]2=O)c1. The Hall–Kier alpha value is -2.21. The topological polar surface area (TPSA) is 57.0 Å². The largest absolute Gasteiger partial charge is 0.497 e. The molecule has 3 heterocycles. The van der Waals surface area contributed by atoms with Gasteiger partial charge in [-0.2, -0.15) is 0 Å². The Bertz CT molecular complexity index is 859. The van der Waals surface area contributed by atoms with Gasteiger partial charge in [-0.05, 0) is 18.2 Å². The molecule has 0 radical (unpaired) electrons. The Morgan fingerprint density at radius 2 is 2.19 bits per heavy atom. The van der Waals surface area contributed by atoms with Crippen molar-refractivity contribution in [2.24, 2.45) is 0 Å². The van der Waals surface area contributed by atoms with Crippen molar-refractivity contribution < 1.29 is 8.95 Å². The summed E-state index contributed by atoms with van der Waals surface area (Å²) in [6.45, 7) is 0.628. The molecule has 0 saturated carbocycles. The van der Waals surface area contributed by atoms with E-state index in [1.54, 1.807) is 19.4 Å². The lowest BCUT2D eigenvalue weighted by atomic mass is 10.2. The van der Waals surface area contributed by atoms with Crippen LogP contribution in [0, 0.1) is 0 Å². The molecule has 1 aromatic carbocycles. The molecule has 1 aliphatic rings. The predicted molar refractivity (Wildman–Crippen MR) is 79.7 cm³/mol. The van der Waals surface area contributed by atoms with Gasteiger partial charge in [0.05, 0.1) is 23.8 Å². The fourth-order valence-electron chi connectivity index (χ4n) is 2.68. The second kappa shape index (κ2) is 4.66. The van der Waals surface area contributed by atoms with Gasteiger partial charge in [-0.3, -0.25) is 9.19 Å². The standard InChI is InChI=1S/C15H13N3O2S/c1-20-10-6-7-16-12(8-10)14-9-18-13-5-3-2-4-11(13)17-15(18)21(14)19/h2-8,14H,9H2,1H3/t14-,21-/m1/s1. The van der Waals surface area contributed by atoms with Crippen molar-refractivity contribution in [1.29, 1.82) is 0 Å². The highest BCUT2D eigenvalue weighted by Gasteiger charge is 2.34. The third-order valence-corrected chi connectivity index (χ3v) is 5.30. The lowest BCUT2D eigenvalue weighted by Crippen LogP contribution is -2.06. The van der Waals surface area contributed by atoms with Crippen LogP contribution in [0.5, 0.6) is 5.75 Å². The van der Waals surface area contributed by atoms with E-state index in [-0.39, 0.29) is 5.25 Å². The summed E-state index contributed by atoms with van der Waals surface area (Å²) in [5.41, 5.74) is 2.69. The molecule has 0 aliphatic carbocycles. The minimum atomic E-state index is -1.20. The molecular formula is C15H13N3O2S. The van der Waals surface area contributed by atoms with Gasteiger partial charge in [-0.15, -0.1) is 0 Å². The molecular weight excluding hydrogens is 286 g/mol. The summed E-state index contributed by atoms with van der Waals surface area (Å²) in [7, 11) is 0.419. The van der Waals surface area contributed by atoms with E-state index in [0.29, 0.717) is 11.7 Å². The molecule has 3 aromatic rings. The van der Waals surface area contributed by atoms with Crippen LogP contribution in [0.4, 0.5) is 0 Å². The van der Waals surface area contributed by atoms with E-state index >= 15 is 0 Å². The lowest BCUT2D eigenvalue weighted by molar-refractivity contribution is 0.413. The molecule has 0 spiro atoms. The smallest absolute Gasteiger partial charge is 0.200 e. The van der Waals surface area contributed by atoms with E-state index in [2.05, 4.69) is 9.97 Å². The predicted octanol–water partition coefficient (Wildman–Crippen LogP) is 2.30. The number of rotatable bonds is 2. The third kappa shape index (κ3) is 1.86. The molecule has 106 valence electrons. The van der Waals surface area contributed by atoms with Gasteiger partial charge in [0.25, 0.3) is 0 Å².